The third-order valence-electron chi connectivity index (χ3n) is 5.40. The van der Waals surface area contributed by atoms with E-state index < -0.39 is 36.8 Å². The normalized spacial score (nSPS) is 28.3. The number of aryl methyl sites for hydroxylation is 1. The molecule has 0 unspecified atom stereocenters. The summed E-state index contributed by atoms with van der Waals surface area (Å²) in [6.45, 7) is 5.13. The molecule has 25 heavy (non-hydrogen) atoms. The number of likely N-dealkylation sites (tertiary alicyclic amines) is 1. The van der Waals surface area contributed by atoms with Crippen LogP contribution in [0.15, 0.2) is 23.1 Å². The van der Waals surface area contributed by atoms with Gasteiger partial charge in [-0.1, -0.05) is 6.92 Å². The molecule has 0 aromatic heterocycles. The summed E-state index contributed by atoms with van der Waals surface area (Å²) >= 11 is 0. The minimum atomic E-state index is -3.86. The van der Waals surface area contributed by atoms with Gasteiger partial charge in [0, 0.05) is 6.04 Å². The van der Waals surface area contributed by atoms with Gasteiger partial charge in [0.2, 0.25) is 0 Å². The molecule has 8 heteroatoms. The molecule has 0 N–H and O–H groups in total. The van der Waals surface area contributed by atoms with Gasteiger partial charge >= 0.3 is 0 Å². The van der Waals surface area contributed by atoms with Gasteiger partial charge in [-0.05, 0) is 62.5 Å². The van der Waals surface area contributed by atoms with E-state index in [1.54, 1.807) is 0 Å². The molecule has 2 fully saturated rings. The van der Waals surface area contributed by atoms with Crippen LogP contribution in [-0.2, 0) is 19.7 Å². The second-order valence-electron chi connectivity index (χ2n) is 7.36. The average molecular weight is 390 g/mol. The van der Waals surface area contributed by atoms with Crippen molar-refractivity contribution in [3.05, 3.63) is 29.6 Å². The summed E-state index contributed by atoms with van der Waals surface area (Å²) in [5, 5.41) is -0.991. The van der Waals surface area contributed by atoms with E-state index >= 15 is 0 Å². The van der Waals surface area contributed by atoms with E-state index in [2.05, 4.69) is 6.92 Å². The zero-order valence-corrected chi connectivity index (χ0v) is 16.1. The van der Waals surface area contributed by atoms with Gasteiger partial charge in [0.05, 0.1) is 21.7 Å². The highest BCUT2D eigenvalue weighted by Gasteiger charge is 2.48. The van der Waals surface area contributed by atoms with Gasteiger partial charge < -0.3 is 0 Å². The van der Waals surface area contributed by atoms with Crippen molar-refractivity contribution < 1.29 is 21.2 Å². The van der Waals surface area contributed by atoms with Crippen LogP contribution in [0.5, 0.6) is 0 Å². The van der Waals surface area contributed by atoms with Crippen molar-refractivity contribution in [3.63, 3.8) is 0 Å². The molecule has 5 nitrogen and oxygen atoms in total. The highest BCUT2D eigenvalue weighted by atomic mass is 32.2. The van der Waals surface area contributed by atoms with Crippen molar-refractivity contribution in [2.45, 2.75) is 42.9 Å². The molecule has 2 aliphatic heterocycles. The van der Waals surface area contributed by atoms with Crippen molar-refractivity contribution in [2.24, 2.45) is 5.92 Å². The van der Waals surface area contributed by atoms with E-state index in [1.165, 1.54) is 19.1 Å². The predicted molar refractivity (Wildman–Crippen MR) is 94.5 cm³/mol. The molecule has 2 saturated heterocycles. The Morgan fingerprint density at radius 2 is 1.80 bits per heavy atom. The Labute approximate surface area is 149 Å². The van der Waals surface area contributed by atoms with E-state index in [4.69, 9.17) is 0 Å². The Morgan fingerprint density at radius 3 is 2.40 bits per heavy atom. The Morgan fingerprint density at radius 1 is 1.16 bits per heavy atom. The lowest BCUT2D eigenvalue weighted by Crippen LogP contribution is -2.49. The number of sulfone groups is 2. The monoisotopic (exact) mass is 389 g/mol. The topological polar surface area (TPSA) is 71.5 Å². The molecule has 0 saturated carbocycles. The van der Waals surface area contributed by atoms with Gasteiger partial charge in [-0.2, -0.15) is 0 Å². The first-order valence-corrected chi connectivity index (χ1v) is 11.9. The standard InChI is InChI=1S/C17H24FNO4S2/c1-12-5-7-19(8-6-12)15-10-24(20,21)11-17(15)25(22,23)16-4-3-14(18)9-13(16)2/h3-4,9,12,15,17H,5-8,10-11H2,1-2H3/t15-,17-/m0/s1. The molecular formula is C17H24FNO4S2. The highest BCUT2D eigenvalue weighted by molar-refractivity contribution is 7.96. The van der Waals surface area contributed by atoms with Gasteiger partial charge in [0.25, 0.3) is 0 Å². The maximum Gasteiger partial charge on any atom is 0.184 e. The fraction of sp³-hybridized carbons (Fsp3) is 0.647. The van der Waals surface area contributed by atoms with Crippen LogP contribution < -0.4 is 0 Å². The summed E-state index contributed by atoms with van der Waals surface area (Å²) in [7, 11) is -7.27. The van der Waals surface area contributed by atoms with Gasteiger partial charge in [0.1, 0.15) is 5.82 Å². The fourth-order valence-corrected chi connectivity index (χ4v) is 8.95. The SMILES string of the molecule is Cc1cc(F)ccc1S(=O)(=O)[C@H]1CS(=O)(=O)C[C@@H]1N1CCC(C)CC1. The molecular weight excluding hydrogens is 365 g/mol. The van der Waals surface area contributed by atoms with E-state index in [0.29, 0.717) is 11.5 Å². The van der Waals surface area contributed by atoms with Gasteiger partial charge in [-0.3, -0.25) is 4.90 Å². The summed E-state index contributed by atoms with van der Waals surface area (Å²) in [5.74, 6) is -0.408. The molecule has 2 heterocycles. The highest BCUT2D eigenvalue weighted by Crippen LogP contribution is 2.32. The van der Waals surface area contributed by atoms with Crippen molar-refractivity contribution in [3.8, 4) is 0 Å². The number of hydrogen-bond acceptors (Lipinski definition) is 5. The minimum absolute atomic E-state index is 0.0337. The first kappa shape index (κ1) is 18.8. The summed E-state index contributed by atoms with van der Waals surface area (Å²) in [6, 6.07) is 3.02. The van der Waals surface area contributed by atoms with Crippen LogP contribution in [-0.4, -0.2) is 57.6 Å². The molecule has 2 atom stereocenters. The second kappa shape index (κ2) is 6.63. The number of halogens is 1. The quantitative estimate of drug-likeness (QED) is 0.738. The summed E-state index contributed by atoms with van der Waals surface area (Å²) in [6.07, 6.45) is 1.89. The third kappa shape index (κ3) is 3.75. The first-order valence-electron chi connectivity index (χ1n) is 8.55. The van der Waals surface area contributed by atoms with Gasteiger partial charge in [-0.25, -0.2) is 21.2 Å². The Bertz CT molecular complexity index is 859. The molecule has 0 radical (unpaired) electrons. The average Bonchev–Trinajstić information content (AvgIpc) is 2.84. The zero-order valence-electron chi connectivity index (χ0n) is 14.5. The molecule has 1 aromatic rings. The lowest BCUT2D eigenvalue weighted by atomic mass is 9.98. The maximum absolute atomic E-state index is 13.3. The van der Waals surface area contributed by atoms with E-state index in [0.717, 1.165) is 32.0 Å². The lowest BCUT2D eigenvalue weighted by molar-refractivity contribution is 0.151. The largest absolute Gasteiger partial charge is 0.298 e. The van der Waals surface area contributed by atoms with Crippen LogP contribution in [0.2, 0.25) is 0 Å². The lowest BCUT2D eigenvalue weighted by Gasteiger charge is -2.36. The third-order valence-corrected chi connectivity index (χ3v) is 9.68. The number of rotatable bonds is 3. The first-order chi connectivity index (χ1) is 11.6. The van der Waals surface area contributed by atoms with Crippen LogP contribution in [0.3, 0.4) is 0 Å². The van der Waals surface area contributed by atoms with Crippen molar-refractivity contribution >= 4 is 19.7 Å². The Kier molecular flexibility index (Phi) is 4.98. The number of benzene rings is 1. The van der Waals surface area contributed by atoms with Crippen molar-refractivity contribution in [2.75, 3.05) is 24.6 Å². The molecule has 0 aliphatic carbocycles. The Hall–Kier alpha value is -0.990. The predicted octanol–water partition coefficient (Wildman–Crippen LogP) is 1.81. The molecule has 140 valence electrons. The van der Waals surface area contributed by atoms with Crippen LogP contribution >= 0.6 is 0 Å². The van der Waals surface area contributed by atoms with Crippen LogP contribution in [0.25, 0.3) is 0 Å². The molecule has 0 spiro atoms. The molecule has 1 aromatic carbocycles. The van der Waals surface area contributed by atoms with Gasteiger partial charge in [0.15, 0.2) is 19.7 Å². The van der Waals surface area contributed by atoms with Crippen molar-refractivity contribution in [1.82, 2.24) is 4.90 Å². The zero-order chi connectivity index (χ0) is 18.4. The summed E-state index contributed by atoms with van der Waals surface area (Å²) in [4.78, 5) is 2.05. The molecule has 0 amide bonds. The molecule has 2 aliphatic rings. The summed E-state index contributed by atoms with van der Waals surface area (Å²) in [5.41, 5.74) is 0.315. The maximum atomic E-state index is 13.3. The smallest absolute Gasteiger partial charge is 0.184 e. The van der Waals surface area contributed by atoms with E-state index in [-0.39, 0.29) is 16.4 Å². The van der Waals surface area contributed by atoms with E-state index in [1.807, 2.05) is 4.90 Å². The minimum Gasteiger partial charge on any atom is -0.298 e. The molecule has 0 bridgehead atoms. The number of nitrogens with zero attached hydrogens (tertiary/aromatic N) is 1. The van der Waals surface area contributed by atoms with Crippen molar-refractivity contribution in [1.29, 1.82) is 0 Å². The molecule has 3 rings (SSSR count). The van der Waals surface area contributed by atoms with Crippen LogP contribution in [0.4, 0.5) is 4.39 Å². The number of hydrogen-bond donors (Lipinski definition) is 0. The second-order valence-corrected chi connectivity index (χ2v) is 11.6. The summed E-state index contributed by atoms with van der Waals surface area (Å²) < 4.78 is 64.1. The fourth-order valence-electron chi connectivity index (χ4n) is 3.89. The van der Waals surface area contributed by atoms with Crippen LogP contribution in [0.1, 0.15) is 25.3 Å². The Balaban J connectivity index is 1.97. The van der Waals surface area contributed by atoms with Gasteiger partial charge in [-0.15, -0.1) is 0 Å². The van der Waals surface area contributed by atoms with Crippen LogP contribution in [0, 0.1) is 18.7 Å². The van der Waals surface area contributed by atoms with E-state index in [9.17, 15) is 21.2 Å². The number of piperidine rings is 1.